The third-order valence-corrected chi connectivity index (χ3v) is 4.38. The van der Waals surface area contributed by atoms with Crippen LogP contribution >= 0.6 is 11.3 Å². The Morgan fingerprint density at radius 3 is 2.50 bits per heavy atom. The van der Waals surface area contributed by atoms with Gasteiger partial charge in [0.05, 0.1) is 0 Å². The third-order valence-electron chi connectivity index (χ3n) is 3.02. The van der Waals surface area contributed by atoms with Gasteiger partial charge in [-0.3, -0.25) is 0 Å². The zero-order valence-electron chi connectivity index (χ0n) is 10.7. The van der Waals surface area contributed by atoms with Crippen LogP contribution in [0.5, 0.6) is 0 Å². The lowest BCUT2D eigenvalue weighted by Gasteiger charge is -2.08. The molecule has 16 heavy (non-hydrogen) atoms. The summed E-state index contributed by atoms with van der Waals surface area (Å²) in [7, 11) is 0. The van der Waals surface area contributed by atoms with Crippen molar-refractivity contribution in [2.45, 2.75) is 64.8 Å². The molecule has 0 saturated heterocycles. The average molecular weight is 239 g/mol. The lowest BCUT2D eigenvalue weighted by Crippen LogP contribution is -2.08. The first-order valence-corrected chi connectivity index (χ1v) is 7.43. The van der Waals surface area contributed by atoms with Gasteiger partial charge < -0.3 is 5.73 Å². The van der Waals surface area contributed by atoms with Gasteiger partial charge in [0.25, 0.3) is 0 Å². The van der Waals surface area contributed by atoms with Crippen molar-refractivity contribution >= 4 is 11.3 Å². The van der Waals surface area contributed by atoms with Gasteiger partial charge in [0.1, 0.15) is 0 Å². The van der Waals surface area contributed by atoms with Gasteiger partial charge in [0, 0.05) is 15.8 Å². The summed E-state index contributed by atoms with van der Waals surface area (Å²) in [6, 6.07) is 4.70. The van der Waals surface area contributed by atoms with Gasteiger partial charge in [-0.2, -0.15) is 0 Å². The Kier molecular flexibility index (Phi) is 6.74. The quantitative estimate of drug-likeness (QED) is 0.655. The first kappa shape index (κ1) is 13.7. The van der Waals surface area contributed by atoms with Crippen molar-refractivity contribution in [1.82, 2.24) is 0 Å². The molecule has 1 rings (SSSR count). The van der Waals surface area contributed by atoms with E-state index in [1.54, 1.807) is 0 Å². The molecule has 1 aromatic heterocycles. The molecule has 2 N–H and O–H groups in total. The average Bonchev–Trinajstić information content (AvgIpc) is 2.77. The van der Waals surface area contributed by atoms with Crippen LogP contribution in [0.1, 0.15) is 68.2 Å². The lowest BCUT2D eigenvalue weighted by molar-refractivity contribution is 0.559. The third kappa shape index (κ3) is 4.67. The summed E-state index contributed by atoms with van der Waals surface area (Å²) in [6.07, 6.45) is 8.95. The van der Waals surface area contributed by atoms with E-state index < -0.39 is 0 Å². The fourth-order valence-electron chi connectivity index (χ4n) is 1.89. The van der Waals surface area contributed by atoms with E-state index in [2.05, 4.69) is 26.0 Å². The molecule has 0 aliphatic carbocycles. The highest BCUT2D eigenvalue weighted by atomic mass is 32.1. The van der Waals surface area contributed by atoms with E-state index in [0.29, 0.717) is 0 Å². The predicted octanol–water partition coefficient (Wildman–Crippen LogP) is 4.67. The van der Waals surface area contributed by atoms with Gasteiger partial charge in [-0.1, -0.05) is 46.0 Å². The number of nitrogens with two attached hydrogens (primary N) is 1. The first-order chi connectivity index (χ1) is 7.77. The highest BCUT2D eigenvalue weighted by molar-refractivity contribution is 7.12. The van der Waals surface area contributed by atoms with Gasteiger partial charge in [0.2, 0.25) is 0 Å². The number of thiophene rings is 1. The van der Waals surface area contributed by atoms with Crippen LogP contribution in [0.3, 0.4) is 0 Å². The number of aryl methyl sites for hydroxylation is 1. The zero-order chi connectivity index (χ0) is 11.8. The molecule has 0 saturated carbocycles. The summed E-state index contributed by atoms with van der Waals surface area (Å²) in [6.45, 7) is 4.45. The minimum Gasteiger partial charge on any atom is -0.323 e. The van der Waals surface area contributed by atoms with Crippen LogP contribution in [0.4, 0.5) is 0 Å². The predicted molar refractivity (Wildman–Crippen MR) is 74.0 cm³/mol. The van der Waals surface area contributed by atoms with Gasteiger partial charge in [-0.15, -0.1) is 11.3 Å². The highest BCUT2D eigenvalue weighted by Gasteiger charge is 2.08. The molecule has 1 nitrogen and oxygen atoms in total. The molecule has 1 aromatic rings. The Hall–Kier alpha value is -0.340. The Balaban J connectivity index is 2.21. The van der Waals surface area contributed by atoms with Crippen LogP contribution in [0.15, 0.2) is 12.1 Å². The van der Waals surface area contributed by atoms with Crippen molar-refractivity contribution in [3.8, 4) is 0 Å². The molecular formula is C14H25NS. The summed E-state index contributed by atoms with van der Waals surface area (Å²) >= 11 is 1.88. The summed E-state index contributed by atoms with van der Waals surface area (Å²) in [4.78, 5) is 2.82. The molecule has 1 atom stereocenters. The van der Waals surface area contributed by atoms with E-state index in [1.165, 1.54) is 41.9 Å². The second kappa shape index (κ2) is 7.86. The normalized spacial score (nSPS) is 12.9. The maximum atomic E-state index is 6.19. The first-order valence-electron chi connectivity index (χ1n) is 6.62. The number of hydrogen-bond acceptors (Lipinski definition) is 2. The molecule has 1 heterocycles. The second-order valence-electron chi connectivity index (χ2n) is 4.47. The molecule has 0 aliphatic heterocycles. The topological polar surface area (TPSA) is 26.0 Å². The molecule has 0 bridgehead atoms. The Morgan fingerprint density at radius 1 is 1.12 bits per heavy atom. The maximum absolute atomic E-state index is 6.19. The molecule has 0 radical (unpaired) electrons. The van der Waals surface area contributed by atoms with E-state index in [1.807, 2.05) is 11.3 Å². The SMILES string of the molecule is CCCCCCCC(N)c1ccc(CC)s1. The van der Waals surface area contributed by atoms with Gasteiger partial charge in [-0.05, 0) is 25.0 Å². The van der Waals surface area contributed by atoms with Gasteiger partial charge >= 0.3 is 0 Å². The fourth-order valence-corrected chi connectivity index (χ4v) is 2.88. The van der Waals surface area contributed by atoms with Crippen molar-refractivity contribution in [3.05, 3.63) is 21.9 Å². The number of unbranched alkanes of at least 4 members (excludes halogenated alkanes) is 4. The molecule has 0 spiro atoms. The van der Waals surface area contributed by atoms with E-state index in [-0.39, 0.29) is 6.04 Å². The molecule has 0 fully saturated rings. The smallest absolute Gasteiger partial charge is 0.0389 e. The molecule has 0 amide bonds. The van der Waals surface area contributed by atoms with Crippen LogP contribution < -0.4 is 5.73 Å². The van der Waals surface area contributed by atoms with Crippen LogP contribution in [-0.2, 0) is 6.42 Å². The monoisotopic (exact) mass is 239 g/mol. The van der Waals surface area contributed by atoms with Gasteiger partial charge in [0.15, 0.2) is 0 Å². The standard InChI is InChI=1S/C14H25NS/c1-3-5-6-7-8-9-13(15)14-11-10-12(4-2)16-14/h10-11,13H,3-9,15H2,1-2H3. The van der Waals surface area contributed by atoms with Crippen LogP contribution in [0, 0.1) is 0 Å². The Morgan fingerprint density at radius 2 is 1.88 bits per heavy atom. The van der Waals surface area contributed by atoms with Crippen molar-refractivity contribution in [3.63, 3.8) is 0 Å². The van der Waals surface area contributed by atoms with E-state index in [4.69, 9.17) is 5.73 Å². The summed E-state index contributed by atoms with van der Waals surface area (Å²) in [5, 5.41) is 0. The van der Waals surface area contributed by atoms with Crippen molar-refractivity contribution in [2.75, 3.05) is 0 Å². The molecule has 92 valence electrons. The van der Waals surface area contributed by atoms with Crippen LogP contribution in [-0.4, -0.2) is 0 Å². The summed E-state index contributed by atoms with van der Waals surface area (Å²) in [5.41, 5.74) is 6.19. The summed E-state index contributed by atoms with van der Waals surface area (Å²) in [5.74, 6) is 0. The Bertz CT molecular complexity index is 280. The highest BCUT2D eigenvalue weighted by Crippen LogP contribution is 2.25. The van der Waals surface area contributed by atoms with E-state index in [9.17, 15) is 0 Å². The molecule has 1 unspecified atom stereocenters. The minimum absolute atomic E-state index is 0.270. The van der Waals surface area contributed by atoms with Crippen molar-refractivity contribution in [1.29, 1.82) is 0 Å². The fraction of sp³-hybridized carbons (Fsp3) is 0.714. The van der Waals surface area contributed by atoms with Crippen molar-refractivity contribution in [2.24, 2.45) is 5.73 Å². The molecule has 0 aromatic carbocycles. The Labute approximate surface area is 104 Å². The lowest BCUT2D eigenvalue weighted by atomic mass is 10.1. The molecule has 0 aliphatic rings. The molecule has 2 heteroatoms. The molecular weight excluding hydrogens is 214 g/mol. The van der Waals surface area contributed by atoms with E-state index >= 15 is 0 Å². The van der Waals surface area contributed by atoms with E-state index in [0.717, 1.165) is 12.8 Å². The van der Waals surface area contributed by atoms with Gasteiger partial charge in [-0.25, -0.2) is 0 Å². The minimum atomic E-state index is 0.270. The summed E-state index contributed by atoms with van der Waals surface area (Å²) < 4.78 is 0. The second-order valence-corrected chi connectivity index (χ2v) is 5.67. The largest absolute Gasteiger partial charge is 0.323 e. The zero-order valence-corrected chi connectivity index (χ0v) is 11.5. The van der Waals surface area contributed by atoms with Crippen LogP contribution in [0.25, 0.3) is 0 Å². The maximum Gasteiger partial charge on any atom is 0.0389 e. The number of hydrogen-bond donors (Lipinski definition) is 1. The number of rotatable bonds is 8. The van der Waals surface area contributed by atoms with Crippen LogP contribution in [0.2, 0.25) is 0 Å². The van der Waals surface area contributed by atoms with Crippen molar-refractivity contribution < 1.29 is 0 Å².